The van der Waals surface area contributed by atoms with Gasteiger partial charge in [-0.2, -0.15) is 0 Å². The molecule has 0 saturated carbocycles. The number of halogens is 1. The minimum atomic E-state index is -3.71. The molecular formula is C12H12FNO3S. The van der Waals surface area contributed by atoms with Crippen molar-refractivity contribution in [2.45, 2.75) is 13.3 Å². The van der Waals surface area contributed by atoms with Crippen LogP contribution < -0.4 is 4.72 Å². The van der Waals surface area contributed by atoms with E-state index in [1.165, 1.54) is 13.0 Å². The molecule has 6 heteroatoms. The van der Waals surface area contributed by atoms with Crippen molar-refractivity contribution < 1.29 is 17.6 Å². The maximum absolute atomic E-state index is 13.4. The van der Waals surface area contributed by atoms with Gasteiger partial charge in [0.1, 0.15) is 5.82 Å². The van der Waals surface area contributed by atoms with Crippen molar-refractivity contribution in [3.63, 3.8) is 0 Å². The van der Waals surface area contributed by atoms with Gasteiger partial charge in [0.2, 0.25) is 10.0 Å². The minimum absolute atomic E-state index is 0.0311. The number of nitrogens with one attached hydrogen (secondary N) is 1. The summed E-state index contributed by atoms with van der Waals surface area (Å²) in [5, 5.41) is 0. The Labute approximate surface area is 105 Å². The van der Waals surface area contributed by atoms with Crippen molar-refractivity contribution >= 4 is 21.5 Å². The monoisotopic (exact) mass is 269 g/mol. The summed E-state index contributed by atoms with van der Waals surface area (Å²) in [5.41, 5.74) is -0.0224. The van der Waals surface area contributed by atoms with Gasteiger partial charge in [-0.25, -0.2) is 12.8 Å². The molecule has 0 aliphatic carbocycles. The van der Waals surface area contributed by atoms with Crippen molar-refractivity contribution in [2.24, 2.45) is 0 Å². The Bertz CT molecular complexity index is 602. The highest BCUT2D eigenvalue weighted by Crippen LogP contribution is 2.18. The van der Waals surface area contributed by atoms with E-state index in [1.54, 1.807) is 0 Å². The molecule has 0 heterocycles. The predicted molar refractivity (Wildman–Crippen MR) is 67.3 cm³/mol. The van der Waals surface area contributed by atoms with E-state index in [-0.39, 0.29) is 29.2 Å². The predicted octanol–water partition coefficient (Wildman–Crippen LogP) is 1.79. The van der Waals surface area contributed by atoms with Crippen LogP contribution in [0.4, 0.5) is 10.1 Å². The van der Waals surface area contributed by atoms with Gasteiger partial charge >= 0.3 is 0 Å². The van der Waals surface area contributed by atoms with Crippen LogP contribution >= 0.6 is 0 Å². The van der Waals surface area contributed by atoms with E-state index in [0.717, 1.165) is 12.1 Å². The number of benzene rings is 1. The van der Waals surface area contributed by atoms with E-state index < -0.39 is 15.8 Å². The van der Waals surface area contributed by atoms with Gasteiger partial charge in [-0.05, 0) is 25.1 Å². The summed E-state index contributed by atoms with van der Waals surface area (Å²) in [6.45, 7) is 1.31. The van der Waals surface area contributed by atoms with Crippen molar-refractivity contribution in [2.75, 3.05) is 10.5 Å². The topological polar surface area (TPSA) is 63.2 Å². The number of hydrogen-bond acceptors (Lipinski definition) is 3. The number of ketones is 1. The molecular weight excluding hydrogens is 257 g/mol. The summed E-state index contributed by atoms with van der Waals surface area (Å²) in [6.07, 6.45) is 4.99. The fraction of sp³-hybridized carbons (Fsp3) is 0.250. The highest BCUT2D eigenvalue weighted by atomic mass is 32.2. The number of carbonyl (C=O) groups is 1. The van der Waals surface area contributed by atoms with Crippen LogP contribution in [0, 0.1) is 18.2 Å². The lowest BCUT2D eigenvalue weighted by atomic mass is 10.1. The highest BCUT2D eigenvalue weighted by molar-refractivity contribution is 7.92. The Hall–Kier alpha value is -1.87. The van der Waals surface area contributed by atoms with Crippen LogP contribution in [0.15, 0.2) is 18.2 Å². The van der Waals surface area contributed by atoms with Gasteiger partial charge in [-0.1, -0.05) is 0 Å². The van der Waals surface area contributed by atoms with E-state index >= 15 is 0 Å². The third-order valence-electron chi connectivity index (χ3n) is 2.15. The van der Waals surface area contributed by atoms with Crippen LogP contribution in [0.25, 0.3) is 0 Å². The average molecular weight is 269 g/mol. The van der Waals surface area contributed by atoms with Crippen molar-refractivity contribution in [1.29, 1.82) is 0 Å². The number of sulfonamides is 1. The van der Waals surface area contributed by atoms with E-state index in [1.807, 2.05) is 0 Å². The Morgan fingerprint density at radius 2 is 2.17 bits per heavy atom. The first-order chi connectivity index (χ1) is 8.35. The molecule has 0 unspecified atom stereocenters. The third kappa shape index (κ3) is 3.86. The second kappa shape index (κ2) is 5.65. The molecule has 0 radical (unpaired) electrons. The average Bonchev–Trinajstić information content (AvgIpc) is 2.29. The van der Waals surface area contributed by atoms with Crippen LogP contribution in [0.1, 0.15) is 23.7 Å². The second-order valence-electron chi connectivity index (χ2n) is 3.63. The van der Waals surface area contributed by atoms with Crippen LogP contribution in [0.3, 0.4) is 0 Å². The van der Waals surface area contributed by atoms with E-state index in [2.05, 4.69) is 10.6 Å². The standard InChI is InChI=1S/C12H12FNO3S/c1-3-4-7-18(16,17)14-12-8-10(9(2)15)5-6-11(12)13/h1,5-6,8,14H,4,7H2,2H3. The number of anilines is 1. The normalized spacial score (nSPS) is 10.7. The molecule has 4 nitrogen and oxygen atoms in total. The molecule has 0 fully saturated rings. The van der Waals surface area contributed by atoms with Crippen molar-refractivity contribution in [3.8, 4) is 12.3 Å². The zero-order chi connectivity index (χ0) is 13.8. The molecule has 1 N–H and O–H groups in total. The lowest BCUT2D eigenvalue weighted by molar-refractivity contribution is 0.101. The lowest BCUT2D eigenvalue weighted by Gasteiger charge is -2.08. The Balaban J connectivity index is 3.01. The zero-order valence-electron chi connectivity index (χ0n) is 9.73. The zero-order valence-corrected chi connectivity index (χ0v) is 10.6. The van der Waals surface area contributed by atoms with Crippen LogP contribution in [0.5, 0.6) is 0 Å². The van der Waals surface area contributed by atoms with Gasteiger partial charge < -0.3 is 0 Å². The quantitative estimate of drug-likeness (QED) is 0.654. The van der Waals surface area contributed by atoms with Crippen LogP contribution in [-0.4, -0.2) is 20.0 Å². The first kappa shape index (κ1) is 14.2. The smallest absolute Gasteiger partial charge is 0.233 e. The van der Waals surface area contributed by atoms with E-state index in [9.17, 15) is 17.6 Å². The maximum atomic E-state index is 13.4. The highest BCUT2D eigenvalue weighted by Gasteiger charge is 2.14. The number of rotatable bonds is 5. The summed E-state index contributed by atoms with van der Waals surface area (Å²) in [4.78, 5) is 11.1. The molecule has 0 saturated heterocycles. The fourth-order valence-corrected chi connectivity index (χ4v) is 2.21. The van der Waals surface area contributed by atoms with Crippen LogP contribution in [-0.2, 0) is 10.0 Å². The number of Topliss-reactive ketones (excluding diaryl/α,β-unsaturated/α-hetero) is 1. The molecule has 18 heavy (non-hydrogen) atoms. The molecule has 1 aromatic rings. The Morgan fingerprint density at radius 1 is 1.50 bits per heavy atom. The molecule has 1 rings (SSSR count). The van der Waals surface area contributed by atoms with Crippen molar-refractivity contribution in [1.82, 2.24) is 0 Å². The Kier molecular flexibility index (Phi) is 4.45. The summed E-state index contributed by atoms with van der Waals surface area (Å²) >= 11 is 0. The SMILES string of the molecule is C#CCCS(=O)(=O)Nc1cc(C(C)=O)ccc1F. The molecule has 0 amide bonds. The van der Waals surface area contributed by atoms with E-state index in [0.29, 0.717) is 0 Å². The molecule has 0 bridgehead atoms. The second-order valence-corrected chi connectivity index (χ2v) is 5.47. The first-order valence-corrected chi connectivity index (χ1v) is 6.75. The molecule has 0 aliphatic rings. The molecule has 0 atom stereocenters. The Morgan fingerprint density at radius 3 is 2.72 bits per heavy atom. The number of terminal acetylenes is 1. The van der Waals surface area contributed by atoms with Crippen molar-refractivity contribution in [3.05, 3.63) is 29.6 Å². The molecule has 0 aliphatic heterocycles. The first-order valence-electron chi connectivity index (χ1n) is 5.10. The van der Waals surface area contributed by atoms with Gasteiger partial charge in [0, 0.05) is 12.0 Å². The van der Waals surface area contributed by atoms with Gasteiger partial charge in [0.05, 0.1) is 11.4 Å². The summed E-state index contributed by atoms with van der Waals surface area (Å²) < 4.78 is 38.5. The molecule has 0 aromatic heterocycles. The van der Waals surface area contributed by atoms with Gasteiger partial charge in [0.25, 0.3) is 0 Å². The summed E-state index contributed by atoms with van der Waals surface area (Å²) in [6, 6.07) is 3.48. The largest absolute Gasteiger partial charge is 0.295 e. The summed E-state index contributed by atoms with van der Waals surface area (Å²) in [7, 11) is -3.71. The third-order valence-corrected chi connectivity index (χ3v) is 3.43. The molecule has 0 spiro atoms. The number of hydrogen-bond donors (Lipinski definition) is 1. The fourth-order valence-electron chi connectivity index (χ4n) is 1.23. The summed E-state index contributed by atoms with van der Waals surface area (Å²) in [5.74, 6) is 0.864. The number of carbonyl (C=O) groups excluding carboxylic acids is 1. The molecule has 1 aromatic carbocycles. The van der Waals surface area contributed by atoms with Gasteiger partial charge in [-0.15, -0.1) is 12.3 Å². The maximum Gasteiger partial charge on any atom is 0.233 e. The molecule has 96 valence electrons. The van der Waals surface area contributed by atoms with E-state index in [4.69, 9.17) is 6.42 Å². The van der Waals surface area contributed by atoms with Gasteiger partial charge in [0.15, 0.2) is 5.78 Å². The van der Waals surface area contributed by atoms with Crippen LogP contribution in [0.2, 0.25) is 0 Å². The minimum Gasteiger partial charge on any atom is -0.295 e. The lowest BCUT2D eigenvalue weighted by Crippen LogP contribution is -2.17. The van der Waals surface area contributed by atoms with Gasteiger partial charge in [-0.3, -0.25) is 9.52 Å².